The van der Waals surface area contributed by atoms with Crippen LogP contribution in [-0.4, -0.2) is 9.97 Å². The largest absolute Gasteiger partial charge is 0.261 e. The van der Waals surface area contributed by atoms with E-state index in [-0.39, 0.29) is 5.25 Å². The van der Waals surface area contributed by atoms with Gasteiger partial charge in [0.05, 0.1) is 10.9 Å². The molecule has 1 radical (unpaired) electrons. The summed E-state index contributed by atoms with van der Waals surface area (Å²) in [6.45, 7) is 2.05. The Labute approximate surface area is 66.1 Å². The van der Waals surface area contributed by atoms with Crippen molar-refractivity contribution in [2.75, 3.05) is 0 Å². The Morgan fingerprint density at radius 3 is 2.90 bits per heavy atom. The monoisotopic (exact) mass is 153 g/mol. The Morgan fingerprint density at radius 2 is 2.40 bits per heavy atom. The van der Waals surface area contributed by atoms with Crippen LogP contribution in [0.15, 0.2) is 18.6 Å². The molecule has 0 saturated carbocycles. The summed E-state index contributed by atoms with van der Waals surface area (Å²) in [4.78, 5) is 8.01. The third kappa shape index (κ3) is 1.70. The minimum atomic E-state index is 0.119. The van der Waals surface area contributed by atoms with E-state index < -0.39 is 0 Å². The third-order valence-corrected chi connectivity index (χ3v) is 1.86. The fourth-order valence-corrected chi connectivity index (χ4v) is 0.808. The predicted molar refractivity (Wildman–Crippen MR) is 42.7 cm³/mol. The van der Waals surface area contributed by atoms with Crippen LogP contribution in [0.3, 0.4) is 0 Å². The first-order chi connectivity index (χ1) is 4.84. The standard InChI is InChI=1S/C7H9N2S/c1-2-7(10)6-5-8-3-4-9-6/h3-5,7H,2H2,1H3. The maximum Gasteiger partial charge on any atom is 0.0725 e. The Kier molecular flexibility index (Phi) is 2.68. The van der Waals surface area contributed by atoms with Gasteiger partial charge in [0.1, 0.15) is 0 Å². The average molecular weight is 153 g/mol. The summed E-state index contributed by atoms with van der Waals surface area (Å²) in [5.41, 5.74) is 0.903. The molecule has 0 aromatic carbocycles. The summed E-state index contributed by atoms with van der Waals surface area (Å²) in [5.74, 6) is 0. The summed E-state index contributed by atoms with van der Waals surface area (Å²) in [7, 11) is 0. The van der Waals surface area contributed by atoms with Crippen LogP contribution in [0, 0.1) is 0 Å². The zero-order valence-corrected chi connectivity index (χ0v) is 6.64. The van der Waals surface area contributed by atoms with Crippen LogP contribution < -0.4 is 0 Å². The number of rotatable bonds is 2. The van der Waals surface area contributed by atoms with Gasteiger partial charge in [-0.1, -0.05) is 19.6 Å². The molecule has 1 aromatic heterocycles. The molecule has 0 fully saturated rings. The Morgan fingerprint density at radius 1 is 1.60 bits per heavy atom. The Balaban J connectivity index is 2.75. The van der Waals surface area contributed by atoms with Crippen LogP contribution in [0.5, 0.6) is 0 Å². The zero-order valence-electron chi connectivity index (χ0n) is 5.82. The van der Waals surface area contributed by atoms with Crippen molar-refractivity contribution in [1.29, 1.82) is 0 Å². The van der Waals surface area contributed by atoms with Gasteiger partial charge >= 0.3 is 0 Å². The van der Waals surface area contributed by atoms with Crippen LogP contribution >= 0.6 is 12.6 Å². The lowest BCUT2D eigenvalue weighted by atomic mass is 10.2. The molecular formula is C7H9N2S. The van der Waals surface area contributed by atoms with Gasteiger partial charge in [-0.05, 0) is 6.42 Å². The normalized spacial score (nSPS) is 13.0. The molecule has 2 nitrogen and oxygen atoms in total. The van der Waals surface area contributed by atoms with Gasteiger partial charge in [0, 0.05) is 18.6 Å². The van der Waals surface area contributed by atoms with Gasteiger partial charge in [0.15, 0.2) is 0 Å². The van der Waals surface area contributed by atoms with Crippen LogP contribution in [0.2, 0.25) is 0 Å². The second kappa shape index (κ2) is 3.56. The van der Waals surface area contributed by atoms with Crippen molar-refractivity contribution in [2.24, 2.45) is 0 Å². The second-order valence-electron chi connectivity index (χ2n) is 2.03. The van der Waals surface area contributed by atoms with Gasteiger partial charge in [-0.15, -0.1) is 0 Å². The molecule has 1 atom stereocenters. The zero-order chi connectivity index (χ0) is 7.40. The smallest absolute Gasteiger partial charge is 0.0725 e. The average Bonchev–Trinajstić information content (AvgIpc) is 2.05. The van der Waals surface area contributed by atoms with Crippen LogP contribution in [0.4, 0.5) is 0 Å². The molecule has 0 aliphatic heterocycles. The maximum atomic E-state index is 5.10. The molecule has 0 N–H and O–H groups in total. The summed E-state index contributed by atoms with van der Waals surface area (Å²) < 4.78 is 0. The summed E-state index contributed by atoms with van der Waals surface area (Å²) >= 11 is 5.10. The van der Waals surface area contributed by atoms with E-state index in [1.54, 1.807) is 18.6 Å². The van der Waals surface area contributed by atoms with Crippen LogP contribution in [0.25, 0.3) is 0 Å². The minimum Gasteiger partial charge on any atom is -0.261 e. The summed E-state index contributed by atoms with van der Waals surface area (Å²) in [5, 5.41) is 0.119. The lowest BCUT2D eigenvalue weighted by Gasteiger charge is -2.02. The number of hydrogen-bond donors (Lipinski definition) is 0. The van der Waals surface area contributed by atoms with Gasteiger partial charge in [-0.2, -0.15) is 0 Å². The fourth-order valence-electron chi connectivity index (χ4n) is 0.686. The SMILES string of the molecule is CCC([S])c1cnccn1. The van der Waals surface area contributed by atoms with E-state index in [0.717, 1.165) is 12.1 Å². The van der Waals surface area contributed by atoms with E-state index in [1.807, 2.05) is 6.92 Å². The molecule has 1 heterocycles. The lowest BCUT2D eigenvalue weighted by molar-refractivity contribution is 0.853. The summed E-state index contributed by atoms with van der Waals surface area (Å²) in [6, 6.07) is 0. The molecule has 53 valence electrons. The highest BCUT2D eigenvalue weighted by molar-refractivity contribution is 7.80. The molecular weight excluding hydrogens is 144 g/mol. The molecule has 0 amide bonds. The van der Waals surface area contributed by atoms with Gasteiger partial charge in [-0.3, -0.25) is 9.97 Å². The van der Waals surface area contributed by atoms with E-state index in [0.29, 0.717) is 0 Å². The van der Waals surface area contributed by atoms with Crippen LogP contribution in [-0.2, 0) is 0 Å². The fraction of sp³-hybridized carbons (Fsp3) is 0.429. The molecule has 1 aromatic rings. The van der Waals surface area contributed by atoms with E-state index in [1.165, 1.54) is 0 Å². The van der Waals surface area contributed by atoms with Gasteiger partial charge in [-0.25, -0.2) is 0 Å². The van der Waals surface area contributed by atoms with Crippen molar-refractivity contribution in [3.05, 3.63) is 24.3 Å². The Hall–Kier alpha value is -0.570. The molecule has 0 spiro atoms. The first kappa shape index (κ1) is 7.54. The molecule has 0 aliphatic rings. The molecule has 10 heavy (non-hydrogen) atoms. The minimum absolute atomic E-state index is 0.119. The summed E-state index contributed by atoms with van der Waals surface area (Å²) in [6.07, 6.45) is 5.99. The number of aromatic nitrogens is 2. The van der Waals surface area contributed by atoms with Gasteiger partial charge in [0.2, 0.25) is 0 Å². The molecule has 1 unspecified atom stereocenters. The first-order valence-electron chi connectivity index (χ1n) is 3.26. The quantitative estimate of drug-likeness (QED) is 0.650. The van der Waals surface area contributed by atoms with Crippen molar-refractivity contribution in [2.45, 2.75) is 18.6 Å². The van der Waals surface area contributed by atoms with Crippen LogP contribution in [0.1, 0.15) is 24.3 Å². The van der Waals surface area contributed by atoms with Crippen molar-refractivity contribution in [1.82, 2.24) is 9.97 Å². The molecule has 0 bridgehead atoms. The highest BCUT2D eigenvalue weighted by Gasteiger charge is 2.03. The molecule has 3 heteroatoms. The lowest BCUT2D eigenvalue weighted by Crippen LogP contribution is -1.92. The molecule has 0 saturated heterocycles. The van der Waals surface area contributed by atoms with Crippen molar-refractivity contribution in [3.8, 4) is 0 Å². The topological polar surface area (TPSA) is 25.8 Å². The maximum absolute atomic E-state index is 5.10. The highest BCUT2D eigenvalue weighted by Crippen LogP contribution is 2.18. The number of hydrogen-bond acceptors (Lipinski definition) is 2. The highest BCUT2D eigenvalue weighted by atomic mass is 32.1. The predicted octanol–water partition coefficient (Wildman–Crippen LogP) is 2.13. The van der Waals surface area contributed by atoms with Gasteiger partial charge in [0.25, 0.3) is 0 Å². The van der Waals surface area contributed by atoms with Crippen molar-refractivity contribution < 1.29 is 0 Å². The molecule has 1 rings (SSSR count). The molecule has 0 aliphatic carbocycles. The van der Waals surface area contributed by atoms with Crippen molar-refractivity contribution >= 4 is 12.6 Å². The van der Waals surface area contributed by atoms with E-state index >= 15 is 0 Å². The number of nitrogens with zero attached hydrogens (tertiary/aromatic N) is 2. The van der Waals surface area contributed by atoms with E-state index in [9.17, 15) is 0 Å². The second-order valence-corrected chi connectivity index (χ2v) is 2.60. The van der Waals surface area contributed by atoms with Crippen molar-refractivity contribution in [3.63, 3.8) is 0 Å². The van der Waals surface area contributed by atoms with E-state index in [2.05, 4.69) is 9.97 Å². The first-order valence-corrected chi connectivity index (χ1v) is 3.73. The van der Waals surface area contributed by atoms with E-state index in [4.69, 9.17) is 12.6 Å². The van der Waals surface area contributed by atoms with Gasteiger partial charge < -0.3 is 0 Å². The third-order valence-electron chi connectivity index (χ3n) is 1.28. The Bertz CT molecular complexity index is 188.